The van der Waals surface area contributed by atoms with E-state index in [-0.39, 0.29) is 0 Å². The molecular formula is C13H19N3O. The summed E-state index contributed by atoms with van der Waals surface area (Å²) in [6.07, 6.45) is 1.15. The molecule has 0 amide bonds. The maximum absolute atomic E-state index is 5.66. The summed E-state index contributed by atoms with van der Waals surface area (Å²) in [5.74, 6) is 0. The van der Waals surface area contributed by atoms with Crippen LogP contribution in [-0.2, 0) is 7.05 Å². The number of benzene rings is 1. The largest absolute Gasteiger partial charge is 0.463 e. The lowest BCUT2D eigenvalue weighted by atomic mass is 10.3. The van der Waals surface area contributed by atoms with Gasteiger partial charge in [-0.1, -0.05) is 19.1 Å². The van der Waals surface area contributed by atoms with Crippen molar-refractivity contribution >= 4 is 11.0 Å². The minimum atomic E-state index is 0.650. The van der Waals surface area contributed by atoms with E-state index in [0.717, 1.165) is 30.5 Å². The molecule has 0 saturated carbocycles. The van der Waals surface area contributed by atoms with Crippen LogP contribution in [0.5, 0.6) is 6.01 Å². The zero-order valence-corrected chi connectivity index (χ0v) is 10.4. The smallest absolute Gasteiger partial charge is 0.297 e. The maximum Gasteiger partial charge on any atom is 0.297 e. The van der Waals surface area contributed by atoms with Gasteiger partial charge in [-0.25, -0.2) is 0 Å². The lowest BCUT2D eigenvalue weighted by molar-refractivity contribution is 0.283. The molecule has 0 saturated heterocycles. The van der Waals surface area contributed by atoms with E-state index in [4.69, 9.17) is 4.74 Å². The Hall–Kier alpha value is -1.55. The fourth-order valence-electron chi connectivity index (χ4n) is 1.77. The molecule has 17 heavy (non-hydrogen) atoms. The Kier molecular flexibility index (Phi) is 3.98. The third-order valence-corrected chi connectivity index (χ3v) is 2.68. The molecule has 2 rings (SSSR count). The highest BCUT2D eigenvalue weighted by atomic mass is 16.5. The highest BCUT2D eigenvalue weighted by Gasteiger charge is 2.07. The van der Waals surface area contributed by atoms with Gasteiger partial charge in [-0.3, -0.25) is 4.57 Å². The van der Waals surface area contributed by atoms with Crippen LogP contribution < -0.4 is 10.1 Å². The summed E-state index contributed by atoms with van der Waals surface area (Å²) in [7, 11) is 1.98. The van der Waals surface area contributed by atoms with Crippen LogP contribution in [0, 0.1) is 0 Å². The lowest BCUT2D eigenvalue weighted by Gasteiger charge is -2.06. The molecule has 1 aromatic heterocycles. The normalized spacial score (nSPS) is 10.9. The van der Waals surface area contributed by atoms with Gasteiger partial charge in [0.05, 0.1) is 11.0 Å². The fraction of sp³-hybridized carbons (Fsp3) is 0.462. The molecule has 92 valence electrons. The molecule has 0 spiro atoms. The van der Waals surface area contributed by atoms with Gasteiger partial charge in [-0.15, -0.1) is 0 Å². The van der Waals surface area contributed by atoms with Crippen molar-refractivity contribution in [3.63, 3.8) is 0 Å². The Balaban J connectivity index is 1.97. The van der Waals surface area contributed by atoms with Crippen LogP contribution >= 0.6 is 0 Å². The number of fused-ring (bicyclic) bond motifs is 1. The van der Waals surface area contributed by atoms with Crippen LogP contribution in [0.1, 0.15) is 13.3 Å². The Bertz CT molecular complexity index is 478. The van der Waals surface area contributed by atoms with E-state index in [1.807, 2.05) is 35.9 Å². The molecule has 0 atom stereocenters. The topological polar surface area (TPSA) is 39.1 Å². The minimum absolute atomic E-state index is 0.650. The fourth-order valence-corrected chi connectivity index (χ4v) is 1.77. The predicted octanol–water partition coefficient (Wildman–Crippen LogP) is 1.95. The number of nitrogens with zero attached hydrogens (tertiary/aromatic N) is 2. The number of hydrogen-bond acceptors (Lipinski definition) is 3. The van der Waals surface area contributed by atoms with E-state index < -0.39 is 0 Å². The van der Waals surface area contributed by atoms with Gasteiger partial charge in [-0.2, -0.15) is 4.98 Å². The highest BCUT2D eigenvalue weighted by Crippen LogP contribution is 2.18. The quantitative estimate of drug-likeness (QED) is 0.775. The molecule has 4 heteroatoms. The third-order valence-electron chi connectivity index (χ3n) is 2.68. The van der Waals surface area contributed by atoms with Gasteiger partial charge < -0.3 is 10.1 Å². The average molecular weight is 233 g/mol. The van der Waals surface area contributed by atoms with E-state index in [0.29, 0.717) is 12.6 Å². The number of aromatic nitrogens is 2. The molecular weight excluding hydrogens is 214 g/mol. The van der Waals surface area contributed by atoms with E-state index in [2.05, 4.69) is 17.2 Å². The standard InChI is InChI=1S/C13H19N3O/c1-3-8-14-9-10-17-13-15-11-6-4-5-7-12(11)16(13)2/h4-7,14H,3,8-10H2,1-2H3. The van der Waals surface area contributed by atoms with Crippen molar-refractivity contribution in [1.29, 1.82) is 0 Å². The van der Waals surface area contributed by atoms with E-state index in [1.54, 1.807) is 0 Å². The van der Waals surface area contributed by atoms with Crippen LogP contribution in [0.15, 0.2) is 24.3 Å². The SMILES string of the molecule is CCCNCCOc1nc2ccccc2n1C. The number of para-hydroxylation sites is 2. The maximum atomic E-state index is 5.66. The van der Waals surface area contributed by atoms with E-state index >= 15 is 0 Å². The van der Waals surface area contributed by atoms with Crippen molar-refractivity contribution in [2.75, 3.05) is 19.7 Å². The molecule has 0 aliphatic heterocycles. The second-order valence-corrected chi connectivity index (χ2v) is 4.04. The molecule has 0 aliphatic carbocycles. The molecule has 0 fully saturated rings. The highest BCUT2D eigenvalue weighted by molar-refractivity contribution is 5.76. The predicted molar refractivity (Wildman–Crippen MR) is 69.4 cm³/mol. The lowest BCUT2D eigenvalue weighted by Crippen LogP contribution is -2.22. The van der Waals surface area contributed by atoms with Gasteiger partial charge >= 0.3 is 0 Å². The Morgan fingerprint density at radius 2 is 2.12 bits per heavy atom. The summed E-state index contributed by atoms with van der Waals surface area (Å²) in [4.78, 5) is 4.44. The first-order valence-electron chi connectivity index (χ1n) is 6.08. The van der Waals surface area contributed by atoms with Gasteiger partial charge in [0, 0.05) is 13.6 Å². The van der Waals surface area contributed by atoms with Crippen LogP contribution in [0.3, 0.4) is 0 Å². The summed E-state index contributed by atoms with van der Waals surface area (Å²) in [6, 6.07) is 8.73. The first kappa shape index (κ1) is 11.9. The first-order valence-corrected chi connectivity index (χ1v) is 6.08. The Labute approximate surface area is 102 Å². The van der Waals surface area contributed by atoms with Crippen molar-refractivity contribution in [3.05, 3.63) is 24.3 Å². The van der Waals surface area contributed by atoms with Crippen molar-refractivity contribution in [1.82, 2.24) is 14.9 Å². The number of rotatable bonds is 6. The van der Waals surface area contributed by atoms with Gasteiger partial charge in [0.2, 0.25) is 0 Å². The minimum Gasteiger partial charge on any atom is -0.463 e. The number of imidazole rings is 1. The van der Waals surface area contributed by atoms with Gasteiger partial charge in [-0.05, 0) is 25.1 Å². The Morgan fingerprint density at radius 1 is 1.29 bits per heavy atom. The molecule has 4 nitrogen and oxygen atoms in total. The van der Waals surface area contributed by atoms with Crippen molar-refractivity contribution < 1.29 is 4.74 Å². The second kappa shape index (κ2) is 5.68. The van der Waals surface area contributed by atoms with Crippen molar-refractivity contribution in [3.8, 4) is 6.01 Å². The monoisotopic (exact) mass is 233 g/mol. The molecule has 1 aromatic carbocycles. The summed E-state index contributed by atoms with van der Waals surface area (Å²) in [5.41, 5.74) is 2.08. The average Bonchev–Trinajstić information content (AvgIpc) is 2.67. The van der Waals surface area contributed by atoms with Crippen molar-refractivity contribution in [2.45, 2.75) is 13.3 Å². The van der Waals surface area contributed by atoms with E-state index in [1.165, 1.54) is 0 Å². The summed E-state index contributed by atoms with van der Waals surface area (Å²) >= 11 is 0. The summed E-state index contributed by atoms with van der Waals surface area (Å²) in [5, 5.41) is 3.30. The molecule has 1 heterocycles. The van der Waals surface area contributed by atoms with Gasteiger partial charge in [0.25, 0.3) is 6.01 Å². The third kappa shape index (κ3) is 2.77. The number of ether oxygens (including phenoxy) is 1. The van der Waals surface area contributed by atoms with Crippen LogP contribution in [0.4, 0.5) is 0 Å². The molecule has 2 aromatic rings. The van der Waals surface area contributed by atoms with E-state index in [9.17, 15) is 0 Å². The number of aryl methyl sites for hydroxylation is 1. The molecule has 0 unspecified atom stereocenters. The molecule has 0 aliphatic rings. The van der Waals surface area contributed by atoms with Crippen molar-refractivity contribution in [2.24, 2.45) is 7.05 Å². The number of hydrogen-bond donors (Lipinski definition) is 1. The molecule has 1 N–H and O–H groups in total. The zero-order chi connectivity index (χ0) is 12.1. The zero-order valence-electron chi connectivity index (χ0n) is 10.4. The van der Waals surface area contributed by atoms with Crippen LogP contribution in [0.25, 0.3) is 11.0 Å². The van der Waals surface area contributed by atoms with Gasteiger partial charge in [0.1, 0.15) is 6.61 Å². The second-order valence-electron chi connectivity index (χ2n) is 4.04. The summed E-state index contributed by atoms with van der Waals surface area (Å²) in [6.45, 7) is 4.69. The first-order chi connectivity index (χ1) is 8.33. The Morgan fingerprint density at radius 3 is 2.88 bits per heavy atom. The van der Waals surface area contributed by atoms with Crippen LogP contribution in [-0.4, -0.2) is 29.2 Å². The van der Waals surface area contributed by atoms with Crippen LogP contribution in [0.2, 0.25) is 0 Å². The summed E-state index contributed by atoms with van der Waals surface area (Å²) < 4.78 is 7.64. The molecule has 0 bridgehead atoms. The molecule has 0 radical (unpaired) electrons. The van der Waals surface area contributed by atoms with Gasteiger partial charge in [0.15, 0.2) is 0 Å². The number of nitrogens with one attached hydrogen (secondary N) is 1.